The Labute approximate surface area is 121 Å². The molecule has 2 nitrogen and oxygen atoms in total. The molecule has 110 valence electrons. The van der Waals surface area contributed by atoms with Crippen LogP contribution in [0, 0.1) is 0 Å². The molecule has 0 aliphatic carbocycles. The van der Waals surface area contributed by atoms with Crippen molar-refractivity contribution in [3.63, 3.8) is 0 Å². The third-order valence-corrected chi connectivity index (χ3v) is 4.39. The maximum Gasteiger partial charge on any atom is 0.425 e. The molecule has 0 unspecified atom stereocenters. The van der Waals surface area contributed by atoms with Crippen LogP contribution in [0.1, 0.15) is 22.6 Å². The van der Waals surface area contributed by atoms with E-state index in [-0.39, 0.29) is 12.4 Å². The van der Waals surface area contributed by atoms with Gasteiger partial charge in [0.25, 0.3) is 0 Å². The highest BCUT2D eigenvalue weighted by Gasteiger charge is 2.32. The SMILES string of the molecule is CN(Cc1ccc(C(F)(F)F)s1)C1CCNCC1.Cl. The predicted molar refractivity (Wildman–Crippen MR) is 73.9 cm³/mol. The van der Waals surface area contributed by atoms with Crippen molar-refractivity contribution in [3.8, 4) is 0 Å². The summed E-state index contributed by atoms with van der Waals surface area (Å²) in [6, 6.07) is 3.24. The lowest BCUT2D eigenvalue weighted by Gasteiger charge is -2.31. The third-order valence-electron chi connectivity index (χ3n) is 3.28. The number of hydrogen-bond donors (Lipinski definition) is 1. The summed E-state index contributed by atoms with van der Waals surface area (Å²) in [5.74, 6) is 0. The van der Waals surface area contributed by atoms with Gasteiger partial charge in [0.15, 0.2) is 0 Å². The number of hydrogen-bond acceptors (Lipinski definition) is 3. The lowest BCUT2D eigenvalue weighted by Crippen LogP contribution is -2.40. The molecule has 1 aromatic rings. The number of alkyl halides is 3. The maximum absolute atomic E-state index is 12.5. The average Bonchev–Trinajstić information content (AvgIpc) is 2.78. The minimum Gasteiger partial charge on any atom is -0.317 e. The Morgan fingerprint density at radius 3 is 2.47 bits per heavy atom. The van der Waals surface area contributed by atoms with Crippen molar-refractivity contribution >= 4 is 23.7 Å². The highest BCUT2D eigenvalue weighted by Crippen LogP contribution is 2.35. The van der Waals surface area contributed by atoms with Crippen LogP contribution in [0.2, 0.25) is 0 Å². The molecule has 0 spiro atoms. The molecule has 1 N–H and O–H groups in total. The van der Waals surface area contributed by atoms with Crippen LogP contribution in [0.25, 0.3) is 0 Å². The van der Waals surface area contributed by atoms with E-state index in [1.165, 1.54) is 6.07 Å². The van der Waals surface area contributed by atoms with Crippen molar-refractivity contribution < 1.29 is 13.2 Å². The Balaban J connectivity index is 0.00000180. The van der Waals surface area contributed by atoms with Gasteiger partial charge in [-0.2, -0.15) is 13.2 Å². The molecule has 1 aliphatic heterocycles. The van der Waals surface area contributed by atoms with Crippen LogP contribution in [0.4, 0.5) is 13.2 Å². The van der Waals surface area contributed by atoms with Gasteiger partial charge in [-0.25, -0.2) is 0 Å². The van der Waals surface area contributed by atoms with Crippen molar-refractivity contribution in [1.29, 1.82) is 0 Å². The van der Waals surface area contributed by atoms with E-state index in [4.69, 9.17) is 0 Å². The molecule has 0 bridgehead atoms. The van der Waals surface area contributed by atoms with E-state index in [2.05, 4.69) is 10.2 Å². The standard InChI is InChI=1S/C12H17F3N2S.ClH/c1-17(9-4-6-16-7-5-9)8-10-2-3-11(18-10)12(13,14)15;/h2-3,9,16H,4-8H2,1H3;1H. The minimum atomic E-state index is -4.21. The van der Waals surface area contributed by atoms with Crippen LogP contribution in [0.5, 0.6) is 0 Å². The molecule has 1 saturated heterocycles. The molecule has 7 heteroatoms. The highest BCUT2D eigenvalue weighted by molar-refractivity contribution is 7.12. The second-order valence-electron chi connectivity index (χ2n) is 4.66. The number of thiophene rings is 1. The Kier molecular flexibility index (Phi) is 6.11. The summed E-state index contributed by atoms with van der Waals surface area (Å²) >= 11 is 0.850. The number of rotatable bonds is 3. The molecular formula is C12H18ClF3N2S. The van der Waals surface area contributed by atoms with E-state index >= 15 is 0 Å². The van der Waals surface area contributed by atoms with Gasteiger partial charge in [0.2, 0.25) is 0 Å². The smallest absolute Gasteiger partial charge is 0.317 e. The normalized spacial score (nSPS) is 17.5. The zero-order chi connectivity index (χ0) is 13.2. The van der Waals surface area contributed by atoms with Crippen LogP contribution in [0.3, 0.4) is 0 Å². The maximum atomic E-state index is 12.5. The van der Waals surface area contributed by atoms with Crippen LogP contribution in [-0.4, -0.2) is 31.1 Å². The van der Waals surface area contributed by atoms with Crippen molar-refractivity contribution in [1.82, 2.24) is 10.2 Å². The van der Waals surface area contributed by atoms with E-state index in [0.29, 0.717) is 12.6 Å². The van der Waals surface area contributed by atoms with Crippen molar-refractivity contribution in [2.75, 3.05) is 20.1 Å². The zero-order valence-electron chi connectivity index (χ0n) is 10.7. The summed E-state index contributed by atoms with van der Waals surface area (Å²) in [7, 11) is 1.99. The van der Waals surface area contributed by atoms with Crippen LogP contribution >= 0.6 is 23.7 Å². The highest BCUT2D eigenvalue weighted by atomic mass is 35.5. The van der Waals surface area contributed by atoms with Gasteiger partial charge >= 0.3 is 6.18 Å². The minimum absolute atomic E-state index is 0. The fraction of sp³-hybridized carbons (Fsp3) is 0.667. The fourth-order valence-electron chi connectivity index (χ4n) is 2.24. The molecule has 0 amide bonds. The summed E-state index contributed by atoms with van der Waals surface area (Å²) < 4.78 is 37.4. The van der Waals surface area contributed by atoms with E-state index in [0.717, 1.165) is 42.1 Å². The molecule has 2 heterocycles. The number of piperidine rings is 1. The third kappa shape index (κ3) is 4.63. The summed E-state index contributed by atoms with van der Waals surface area (Å²) in [5.41, 5.74) is 0. The molecule has 1 fully saturated rings. The van der Waals surface area contributed by atoms with E-state index in [9.17, 15) is 13.2 Å². The first-order valence-corrected chi connectivity index (χ1v) is 6.85. The first-order chi connectivity index (χ1) is 8.47. The van der Waals surface area contributed by atoms with Crippen LogP contribution in [-0.2, 0) is 12.7 Å². The lowest BCUT2D eigenvalue weighted by atomic mass is 10.1. The first-order valence-electron chi connectivity index (χ1n) is 6.03. The summed E-state index contributed by atoms with van der Waals surface area (Å²) in [6.07, 6.45) is -2.09. The van der Waals surface area contributed by atoms with Gasteiger partial charge < -0.3 is 5.32 Å². The topological polar surface area (TPSA) is 15.3 Å². The molecular weight excluding hydrogens is 297 g/mol. The quantitative estimate of drug-likeness (QED) is 0.920. The van der Waals surface area contributed by atoms with E-state index in [1.807, 2.05) is 7.05 Å². The van der Waals surface area contributed by atoms with Crippen molar-refractivity contribution in [2.24, 2.45) is 0 Å². The molecule has 19 heavy (non-hydrogen) atoms. The molecule has 2 rings (SSSR count). The fourth-order valence-corrected chi connectivity index (χ4v) is 3.18. The van der Waals surface area contributed by atoms with E-state index < -0.39 is 11.1 Å². The monoisotopic (exact) mass is 314 g/mol. The van der Waals surface area contributed by atoms with Gasteiger partial charge in [-0.3, -0.25) is 4.90 Å². The number of nitrogens with zero attached hydrogens (tertiary/aromatic N) is 1. The molecule has 0 aromatic carbocycles. The second-order valence-corrected chi connectivity index (χ2v) is 5.83. The van der Waals surface area contributed by atoms with Gasteiger partial charge in [0, 0.05) is 17.5 Å². The van der Waals surface area contributed by atoms with Gasteiger partial charge in [-0.15, -0.1) is 23.7 Å². The molecule has 0 radical (unpaired) electrons. The second kappa shape index (κ2) is 6.92. The van der Waals surface area contributed by atoms with Gasteiger partial charge in [-0.05, 0) is 45.1 Å². The Morgan fingerprint density at radius 1 is 1.32 bits per heavy atom. The lowest BCUT2D eigenvalue weighted by molar-refractivity contribution is -0.134. The molecule has 0 saturated carbocycles. The number of halogens is 4. The van der Waals surface area contributed by atoms with Crippen molar-refractivity contribution in [2.45, 2.75) is 31.6 Å². The average molecular weight is 315 g/mol. The van der Waals surface area contributed by atoms with E-state index in [1.54, 1.807) is 6.07 Å². The van der Waals surface area contributed by atoms with Gasteiger partial charge in [0.1, 0.15) is 4.88 Å². The summed E-state index contributed by atoms with van der Waals surface area (Å²) in [6.45, 7) is 2.59. The Hall–Kier alpha value is -0.300. The zero-order valence-corrected chi connectivity index (χ0v) is 12.3. The summed E-state index contributed by atoms with van der Waals surface area (Å²) in [5, 5.41) is 3.28. The Morgan fingerprint density at radius 2 is 1.95 bits per heavy atom. The number of nitrogens with one attached hydrogen (secondary N) is 1. The summed E-state index contributed by atoms with van der Waals surface area (Å²) in [4.78, 5) is 2.44. The molecule has 0 atom stereocenters. The van der Waals surface area contributed by atoms with Gasteiger partial charge in [-0.1, -0.05) is 0 Å². The van der Waals surface area contributed by atoms with Gasteiger partial charge in [0.05, 0.1) is 0 Å². The van der Waals surface area contributed by atoms with Crippen molar-refractivity contribution in [3.05, 3.63) is 21.9 Å². The van der Waals surface area contributed by atoms with Crippen LogP contribution in [0.15, 0.2) is 12.1 Å². The first kappa shape index (κ1) is 16.8. The largest absolute Gasteiger partial charge is 0.425 e. The molecule has 1 aromatic heterocycles. The van der Waals surface area contributed by atoms with Crippen LogP contribution < -0.4 is 5.32 Å². The Bertz CT molecular complexity index is 389. The molecule has 1 aliphatic rings. The predicted octanol–water partition coefficient (Wildman–Crippen LogP) is 3.37.